The number of nitrogens with two attached hydrogens (primary N) is 1. The van der Waals surface area contributed by atoms with Crippen LogP contribution in [0.3, 0.4) is 0 Å². The maximum absolute atomic E-state index is 5.21. The van der Waals surface area contributed by atoms with Gasteiger partial charge in [0.2, 0.25) is 0 Å². The molecule has 74 valence electrons. The van der Waals surface area contributed by atoms with E-state index < -0.39 is 0 Å². The van der Waals surface area contributed by atoms with E-state index in [2.05, 4.69) is 6.92 Å². The summed E-state index contributed by atoms with van der Waals surface area (Å²) in [5.74, 6) is 0. The first kappa shape index (κ1) is 12.3. The number of unbranched alkanes of at least 4 members (excludes halogenated alkanes) is 6. The first-order chi connectivity index (χ1) is 5.91. The molecule has 0 aliphatic heterocycles. The van der Waals surface area contributed by atoms with Crippen LogP contribution < -0.4 is 5.50 Å². The van der Waals surface area contributed by atoms with Gasteiger partial charge in [-0.25, -0.2) is 0 Å². The molecular weight excluding hydrogens is 169 g/mol. The smallest absolute Gasteiger partial charge is 0.0833 e. The standard InChI is InChI=1S/C9H22NOP/c1-2-3-4-5-6-7-8-9-11-12-10/h12H,2-10H2,1H3. The molecule has 0 saturated carbocycles. The summed E-state index contributed by atoms with van der Waals surface area (Å²) in [6.45, 7) is 3.10. The van der Waals surface area contributed by atoms with Crippen LogP contribution in [0.25, 0.3) is 0 Å². The summed E-state index contributed by atoms with van der Waals surface area (Å²) in [6, 6.07) is 0. The normalized spacial score (nSPS) is 11.5. The summed E-state index contributed by atoms with van der Waals surface area (Å²) in [5.41, 5.74) is 5.21. The van der Waals surface area contributed by atoms with Crippen molar-refractivity contribution in [2.45, 2.75) is 51.9 Å². The van der Waals surface area contributed by atoms with Gasteiger partial charge in [-0.3, -0.25) is 5.50 Å². The molecule has 0 heterocycles. The van der Waals surface area contributed by atoms with E-state index in [9.17, 15) is 0 Å². The van der Waals surface area contributed by atoms with Crippen LogP contribution in [-0.2, 0) is 4.52 Å². The zero-order chi connectivity index (χ0) is 9.07. The maximum Gasteiger partial charge on any atom is 0.0833 e. The Kier molecular flexibility index (Phi) is 11.7. The van der Waals surface area contributed by atoms with Gasteiger partial charge in [-0.2, -0.15) is 0 Å². The zero-order valence-corrected chi connectivity index (χ0v) is 9.14. The molecule has 3 heteroatoms. The van der Waals surface area contributed by atoms with Gasteiger partial charge < -0.3 is 4.52 Å². The van der Waals surface area contributed by atoms with Crippen LogP contribution in [0.5, 0.6) is 0 Å². The van der Waals surface area contributed by atoms with Crippen LogP contribution in [-0.4, -0.2) is 6.61 Å². The predicted octanol–water partition coefficient (Wildman–Crippen LogP) is 3.22. The molecule has 0 spiro atoms. The molecule has 0 rings (SSSR count). The van der Waals surface area contributed by atoms with E-state index >= 15 is 0 Å². The monoisotopic (exact) mass is 191 g/mol. The van der Waals surface area contributed by atoms with Gasteiger partial charge in [0.15, 0.2) is 0 Å². The van der Waals surface area contributed by atoms with Crippen molar-refractivity contribution in [3.05, 3.63) is 0 Å². The summed E-state index contributed by atoms with van der Waals surface area (Å²) in [6.07, 6.45) is 9.34. The third-order valence-electron chi connectivity index (χ3n) is 1.93. The van der Waals surface area contributed by atoms with Crippen LogP contribution in [0.2, 0.25) is 0 Å². The molecule has 1 atom stereocenters. The second kappa shape index (κ2) is 11.4. The molecule has 0 saturated heterocycles. The van der Waals surface area contributed by atoms with Crippen LogP contribution in [0.4, 0.5) is 0 Å². The lowest BCUT2D eigenvalue weighted by Gasteiger charge is -2.00. The fourth-order valence-electron chi connectivity index (χ4n) is 1.19. The second-order valence-electron chi connectivity index (χ2n) is 3.09. The van der Waals surface area contributed by atoms with Crippen molar-refractivity contribution >= 4 is 8.96 Å². The summed E-state index contributed by atoms with van der Waals surface area (Å²) >= 11 is 0. The van der Waals surface area contributed by atoms with Gasteiger partial charge in [-0.15, -0.1) is 0 Å². The maximum atomic E-state index is 5.21. The molecular formula is C9H22NOP. The highest BCUT2D eigenvalue weighted by Gasteiger charge is 1.90. The lowest BCUT2D eigenvalue weighted by atomic mass is 10.1. The predicted molar refractivity (Wildman–Crippen MR) is 56.4 cm³/mol. The first-order valence-electron chi connectivity index (χ1n) is 4.99. The number of rotatable bonds is 9. The van der Waals surface area contributed by atoms with Gasteiger partial charge in [0.1, 0.15) is 0 Å². The van der Waals surface area contributed by atoms with Crippen LogP contribution >= 0.6 is 8.96 Å². The molecule has 2 N–H and O–H groups in total. The van der Waals surface area contributed by atoms with Crippen molar-refractivity contribution in [2.24, 2.45) is 5.50 Å². The number of hydrogen-bond donors (Lipinski definition) is 1. The fourth-order valence-corrected chi connectivity index (χ4v) is 1.45. The molecule has 0 aromatic heterocycles. The minimum absolute atomic E-state index is 0.170. The molecule has 0 fully saturated rings. The highest BCUT2D eigenvalue weighted by atomic mass is 31.1. The Morgan fingerprint density at radius 3 is 2.17 bits per heavy atom. The number of hydrogen-bond acceptors (Lipinski definition) is 2. The van der Waals surface area contributed by atoms with E-state index in [4.69, 9.17) is 10.0 Å². The van der Waals surface area contributed by atoms with Crippen LogP contribution in [0.1, 0.15) is 51.9 Å². The molecule has 12 heavy (non-hydrogen) atoms. The average molecular weight is 191 g/mol. The Morgan fingerprint density at radius 2 is 1.58 bits per heavy atom. The second-order valence-corrected chi connectivity index (χ2v) is 3.61. The van der Waals surface area contributed by atoms with Gasteiger partial charge in [0.25, 0.3) is 0 Å². The molecule has 0 aromatic rings. The van der Waals surface area contributed by atoms with Gasteiger partial charge in [0.05, 0.1) is 15.6 Å². The lowest BCUT2D eigenvalue weighted by Crippen LogP contribution is -1.88. The van der Waals surface area contributed by atoms with E-state index in [0.717, 1.165) is 6.61 Å². The fraction of sp³-hybridized carbons (Fsp3) is 1.00. The van der Waals surface area contributed by atoms with Gasteiger partial charge in [-0.05, 0) is 6.42 Å². The van der Waals surface area contributed by atoms with E-state index in [0.29, 0.717) is 0 Å². The molecule has 2 nitrogen and oxygen atoms in total. The summed E-state index contributed by atoms with van der Waals surface area (Å²) in [7, 11) is 0.170. The minimum atomic E-state index is 0.170. The van der Waals surface area contributed by atoms with Crippen LogP contribution in [0, 0.1) is 0 Å². The highest BCUT2D eigenvalue weighted by Crippen LogP contribution is 2.08. The summed E-state index contributed by atoms with van der Waals surface area (Å²) < 4.78 is 5.07. The molecule has 0 aliphatic carbocycles. The Balaban J connectivity index is 2.73. The van der Waals surface area contributed by atoms with Crippen molar-refractivity contribution in [3.63, 3.8) is 0 Å². The van der Waals surface area contributed by atoms with Gasteiger partial charge in [0, 0.05) is 0 Å². The van der Waals surface area contributed by atoms with Crippen molar-refractivity contribution in [3.8, 4) is 0 Å². The molecule has 0 aromatic carbocycles. The van der Waals surface area contributed by atoms with Crippen molar-refractivity contribution in [1.82, 2.24) is 0 Å². The lowest BCUT2D eigenvalue weighted by molar-refractivity contribution is 0.345. The Hall–Kier alpha value is 0.350. The third kappa shape index (κ3) is 10.3. The molecule has 0 bridgehead atoms. The third-order valence-corrected chi connectivity index (χ3v) is 2.30. The molecule has 0 aliphatic rings. The molecule has 0 radical (unpaired) electrons. The SMILES string of the molecule is CCCCCCCCCOPN. The first-order valence-corrected chi connectivity index (χ1v) is 5.97. The Morgan fingerprint density at radius 1 is 1.00 bits per heavy atom. The Labute approximate surface area is 78.2 Å². The van der Waals surface area contributed by atoms with Crippen molar-refractivity contribution in [1.29, 1.82) is 0 Å². The van der Waals surface area contributed by atoms with Gasteiger partial charge in [-0.1, -0.05) is 45.4 Å². The summed E-state index contributed by atoms with van der Waals surface area (Å²) in [5, 5.41) is 0. The van der Waals surface area contributed by atoms with E-state index in [-0.39, 0.29) is 8.96 Å². The highest BCUT2D eigenvalue weighted by molar-refractivity contribution is 7.29. The average Bonchev–Trinajstić information content (AvgIpc) is 2.10. The minimum Gasteiger partial charge on any atom is -0.347 e. The Bertz CT molecular complexity index is 70.9. The van der Waals surface area contributed by atoms with Gasteiger partial charge >= 0.3 is 0 Å². The summed E-state index contributed by atoms with van der Waals surface area (Å²) in [4.78, 5) is 0. The van der Waals surface area contributed by atoms with E-state index in [1.165, 1.54) is 44.9 Å². The molecule has 0 amide bonds. The quantitative estimate of drug-likeness (QED) is 0.448. The molecule has 1 unspecified atom stereocenters. The van der Waals surface area contributed by atoms with E-state index in [1.807, 2.05) is 0 Å². The van der Waals surface area contributed by atoms with Crippen molar-refractivity contribution in [2.75, 3.05) is 6.61 Å². The van der Waals surface area contributed by atoms with Crippen molar-refractivity contribution < 1.29 is 4.52 Å². The zero-order valence-electron chi connectivity index (χ0n) is 8.14. The van der Waals surface area contributed by atoms with E-state index in [1.54, 1.807) is 0 Å². The largest absolute Gasteiger partial charge is 0.347 e. The van der Waals surface area contributed by atoms with Crippen LogP contribution in [0.15, 0.2) is 0 Å². The topological polar surface area (TPSA) is 35.2 Å².